The summed E-state index contributed by atoms with van der Waals surface area (Å²) < 4.78 is 0. The molecule has 47 heavy (non-hydrogen) atoms. The van der Waals surface area contributed by atoms with Gasteiger partial charge in [0.1, 0.15) is 29.9 Å². The third kappa shape index (κ3) is 15.2. The normalized spacial score (nSPS) is 13.8. The molecule has 258 valence electrons. The summed E-state index contributed by atoms with van der Waals surface area (Å²) in [6.07, 6.45) is -4.93. The molecule has 4 amide bonds. The zero-order valence-corrected chi connectivity index (χ0v) is 24.6. The molecule has 1 rings (SSSR count). The van der Waals surface area contributed by atoms with Gasteiger partial charge < -0.3 is 57.6 Å². The Bertz CT molecular complexity index is 1350. The molecule has 0 aromatic heterocycles. The smallest absolute Gasteiger partial charge is 0.326 e. The zero-order valence-electron chi connectivity index (χ0n) is 24.6. The Morgan fingerprint density at radius 3 is 1.38 bits per heavy atom. The summed E-state index contributed by atoms with van der Waals surface area (Å²) in [7, 11) is 0. The number of phenolic OH excluding ortho intramolecular Hbond substituents is 1. The third-order valence-electron chi connectivity index (χ3n) is 6.29. The van der Waals surface area contributed by atoms with Crippen LogP contribution in [0.1, 0.15) is 44.1 Å². The number of carboxylic acids is 5. The van der Waals surface area contributed by atoms with Crippen molar-refractivity contribution in [2.45, 2.75) is 75.2 Å². The van der Waals surface area contributed by atoms with E-state index in [0.29, 0.717) is 5.56 Å². The van der Waals surface area contributed by atoms with Crippen LogP contribution in [0.25, 0.3) is 0 Å². The van der Waals surface area contributed by atoms with Gasteiger partial charge in [0.15, 0.2) is 0 Å². The second-order valence-corrected chi connectivity index (χ2v) is 10.1. The molecule has 20 nitrogen and oxygen atoms in total. The fourth-order valence-corrected chi connectivity index (χ4v) is 3.90. The van der Waals surface area contributed by atoms with Gasteiger partial charge in [-0.25, -0.2) is 4.79 Å². The van der Waals surface area contributed by atoms with Crippen LogP contribution in [0.4, 0.5) is 0 Å². The van der Waals surface area contributed by atoms with Crippen molar-refractivity contribution < 1.29 is 73.8 Å². The van der Waals surface area contributed by atoms with Gasteiger partial charge in [-0.05, 0) is 30.5 Å². The van der Waals surface area contributed by atoms with E-state index in [1.54, 1.807) is 0 Å². The maximum Gasteiger partial charge on any atom is 0.326 e. The average Bonchev–Trinajstić information content (AvgIpc) is 2.96. The first-order valence-electron chi connectivity index (χ1n) is 13.7. The molecule has 0 spiro atoms. The monoisotopic (exact) mass is 669 g/mol. The fraction of sp³-hybridized carbons (Fsp3) is 0.444. The summed E-state index contributed by atoms with van der Waals surface area (Å²) in [6, 6.07) is -3.49. The minimum Gasteiger partial charge on any atom is -0.508 e. The SMILES string of the molecule is N[C@@H](CC(=O)O)C(=O)N[C@@H](CCC(=O)O)C(=O)N[C@@H](CCC(=O)O)C(=O)N[C@@H](CC(=O)O)C(=O)N[C@@H](Cc1ccc(O)cc1)C(=O)O. The number of hydrogen-bond donors (Lipinski definition) is 11. The molecule has 12 N–H and O–H groups in total. The van der Waals surface area contributed by atoms with Crippen molar-refractivity contribution in [3.8, 4) is 5.75 Å². The Morgan fingerprint density at radius 2 is 0.957 bits per heavy atom. The Hall–Kier alpha value is -5.79. The van der Waals surface area contributed by atoms with Gasteiger partial charge in [0.2, 0.25) is 23.6 Å². The van der Waals surface area contributed by atoms with Gasteiger partial charge in [-0.1, -0.05) is 12.1 Å². The van der Waals surface area contributed by atoms with E-state index in [-0.39, 0.29) is 12.2 Å². The van der Waals surface area contributed by atoms with Gasteiger partial charge in [0.05, 0.1) is 18.9 Å². The molecule has 0 aliphatic heterocycles. The lowest BCUT2D eigenvalue weighted by Gasteiger charge is -2.25. The molecule has 1 aromatic carbocycles. The Kier molecular flexibility index (Phi) is 15.8. The fourth-order valence-electron chi connectivity index (χ4n) is 3.90. The van der Waals surface area contributed by atoms with Crippen molar-refractivity contribution in [2.75, 3.05) is 0 Å². The van der Waals surface area contributed by atoms with Crippen LogP contribution in [0, 0.1) is 0 Å². The molecule has 0 aliphatic carbocycles. The molecule has 5 atom stereocenters. The number of phenols is 1. The van der Waals surface area contributed by atoms with E-state index in [1.165, 1.54) is 24.3 Å². The molecule has 20 heteroatoms. The van der Waals surface area contributed by atoms with E-state index in [9.17, 15) is 58.5 Å². The van der Waals surface area contributed by atoms with Crippen LogP contribution < -0.4 is 27.0 Å². The maximum absolute atomic E-state index is 13.2. The van der Waals surface area contributed by atoms with Crippen molar-refractivity contribution in [3.63, 3.8) is 0 Å². The Morgan fingerprint density at radius 1 is 0.553 bits per heavy atom. The van der Waals surface area contributed by atoms with Crippen molar-refractivity contribution in [1.29, 1.82) is 0 Å². The summed E-state index contributed by atoms with van der Waals surface area (Å²) in [5.41, 5.74) is 5.84. The van der Waals surface area contributed by atoms with Crippen LogP contribution in [0.3, 0.4) is 0 Å². The summed E-state index contributed by atoms with van der Waals surface area (Å²) in [6.45, 7) is 0. The van der Waals surface area contributed by atoms with Gasteiger partial charge in [-0.3, -0.25) is 38.4 Å². The zero-order chi connectivity index (χ0) is 35.8. The molecule has 0 unspecified atom stereocenters. The van der Waals surface area contributed by atoms with Crippen LogP contribution in [0.5, 0.6) is 5.75 Å². The summed E-state index contributed by atoms with van der Waals surface area (Å²) in [5.74, 6) is -12.5. The number of benzene rings is 1. The number of nitrogens with one attached hydrogen (secondary N) is 4. The minimum atomic E-state index is -1.94. The molecule has 0 radical (unpaired) electrons. The molecule has 1 aromatic rings. The summed E-state index contributed by atoms with van der Waals surface area (Å²) in [4.78, 5) is 108. The number of hydrogen-bond acceptors (Lipinski definition) is 11. The van der Waals surface area contributed by atoms with Crippen LogP contribution in [-0.4, -0.2) is 114 Å². The molecule has 0 saturated heterocycles. The number of carboxylic acid groups (broad SMARTS) is 5. The Balaban J connectivity index is 3.21. The lowest BCUT2D eigenvalue weighted by molar-refractivity contribution is -0.144. The van der Waals surface area contributed by atoms with E-state index < -0.39 is 122 Å². The summed E-state index contributed by atoms with van der Waals surface area (Å²) >= 11 is 0. The van der Waals surface area contributed by atoms with E-state index in [1.807, 2.05) is 5.32 Å². The highest BCUT2D eigenvalue weighted by molar-refractivity contribution is 5.97. The maximum atomic E-state index is 13.2. The van der Waals surface area contributed by atoms with E-state index in [2.05, 4.69) is 16.0 Å². The number of aromatic hydroxyl groups is 1. The first kappa shape index (κ1) is 39.2. The number of nitrogens with two attached hydrogens (primary N) is 1. The predicted molar refractivity (Wildman–Crippen MR) is 153 cm³/mol. The molecular formula is C27H35N5O15. The number of aliphatic carboxylic acids is 5. The standard InChI is InChI=1S/C27H35N5O15/c28-14(10-21(38)39)23(42)29-15(5-7-19(34)35)24(43)30-16(6-8-20(36)37)25(44)31-17(11-22(40)41)26(45)32-18(27(46)47)9-12-1-3-13(33)4-2-12/h1-4,14-18,33H,5-11,28H2,(H,29,42)(H,30,43)(H,31,44)(H,32,45)(H,34,35)(H,36,37)(H,38,39)(H,40,41)(H,46,47)/t14-,15-,16-,17-,18-/m0/s1. The van der Waals surface area contributed by atoms with Crippen molar-refractivity contribution in [2.24, 2.45) is 5.73 Å². The molecule has 0 saturated carbocycles. The van der Waals surface area contributed by atoms with Crippen molar-refractivity contribution >= 4 is 53.5 Å². The number of rotatable bonds is 21. The van der Waals surface area contributed by atoms with Gasteiger partial charge in [0.25, 0.3) is 0 Å². The lowest BCUT2D eigenvalue weighted by Crippen LogP contribution is -2.59. The molecule has 0 aliphatic rings. The first-order valence-corrected chi connectivity index (χ1v) is 13.7. The second-order valence-electron chi connectivity index (χ2n) is 10.1. The first-order chi connectivity index (χ1) is 21.9. The third-order valence-corrected chi connectivity index (χ3v) is 6.29. The highest BCUT2D eigenvalue weighted by Crippen LogP contribution is 2.12. The van der Waals surface area contributed by atoms with Crippen LogP contribution in [-0.2, 0) is 49.6 Å². The Labute approximate surface area is 265 Å². The second kappa shape index (κ2) is 18.9. The quantitative estimate of drug-likeness (QED) is 0.0619. The number of amides is 4. The van der Waals surface area contributed by atoms with Crippen molar-refractivity contribution in [1.82, 2.24) is 21.3 Å². The molecule has 0 heterocycles. The average molecular weight is 670 g/mol. The lowest BCUT2D eigenvalue weighted by atomic mass is 10.0. The highest BCUT2D eigenvalue weighted by Gasteiger charge is 2.33. The minimum absolute atomic E-state index is 0.115. The van der Waals surface area contributed by atoms with Gasteiger partial charge in [-0.2, -0.15) is 0 Å². The van der Waals surface area contributed by atoms with Crippen molar-refractivity contribution in [3.05, 3.63) is 29.8 Å². The van der Waals surface area contributed by atoms with Gasteiger partial charge >= 0.3 is 29.8 Å². The van der Waals surface area contributed by atoms with Crippen LogP contribution in [0.15, 0.2) is 24.3 Å². The molecule has 0 bridgehead atoms. The van der Waals surface area contributed by atoms with Gasteiger partial charge in [-0.15, -0.1) is 0 Å². The van der Waals surface area contributed by atoms with Crippen LogP contribution >= 0.6 is 0 Å². The molecule has 0 fully saturated rings. The van der Waals surface area contributed by atoms with Crippen LogP contribution in [0.2, 0.25) is 0 Å². The van der Waals surface area contributed by atoms with Gasteiger partial charge in [0, 0.05) is 19.3 Å². The largest absolute Gasteiger partial charge is 0.508 e. The predicted octanol–water partition coefficient (Wildman–Crippen LogP) is -3.04. The number of carbonyl (C=O) groups is 9. The summed E-state index contributed by atoms with van der Waals surface area (Å²) in [5, 5.41) is 63.6. The van der Waals surface area contributed by atoms with E-state index in [4.69, 9.17) is 21.1 Å². The van der Waals surface area contributed by atoms with E-state index >= 15 is 0 Å². The van der Waals surface area contributed by atoms with E-state index in [0.717, 1.165) is 0 Å². The topological polar surface area (TPSA) is 349 Å². The highest BCUT2D eigenvalue weighted by atomic mass is 16.4. The molecular weight excluding hydrogens is 634 g/mol. The number of carbonyl (C=O) groups excluding carboxylic acids is 4.